The van der Waals surface area contributed by atoms with Gasteiger partial charge in [-0.1, -0.05) is 20.5 Å². The van der Waals surface area contributed by atoms with Crippen molar-refractivity contribution in [3.63, 3.8) is 0 Å². The predicted molar refractivity (Wildman–Crippen MR) is 32.9 cm³/mol. The van der Waals surface area contributed by atoms with Crippen LogP contribution in [-0.4, -0.2) is 19.5 Å². The summed E-state index contributed by atoms with van der Waals surface area (Å²) in [6.45, 7) is 0. The van der Waals surface area contributed by atoms with E-state index < -0.39 is 10.1 Å². The predicted octanol–water partition coefficient (Wildman–Crippen LogP) is 0.532. The largest absolute Gasteiger partial charge is 0.294 e. The molecule has 0 aromatic rings. The second-order valence-electron chi connectivity index (χ2n) is 1.30. The van der Waals surface area contributed by atoms with Gasteiger partial charge in [-0.05, 0) is 6.42 Å². The molecule has 0 aromatic heterocycles. The lowest BCUT2D eigenvalue weighted by Crippen LogP contribution is -2.01. The van der Waals surface area contributed by atoms with E-state index in [0.29, 0.717) is 11.8 Å². The van der Waals surface area contributed by atoms with E-state index >= 15 is 0 Å². The first-order valence-corrected chi connectivity index (χ1v) is 4.75. The van der Waals surface area contributed by atoms with Gasteiger partial charge in [0.15, 0.2) is 0 Å². The zero-order chi connectivity index (χ0) is 6.62. The molecule has 0 unspecified atom stereocenters. The first-order chi connectivity index (χ1) is 3.56. The van der Waals surface area contributed by atoms with Crippen LogP contribution in [0.2, 0.25) is 0 Å². The monoisotopic (exact) mass is 201 g/mol. The summed E-state index contributed by atoms with van der Waals surface area (Å²) in [6, 6.07) is 0. The van der Waals surface area contributed by atoms with Crippen LogP contribution in [0.15, 0.2) is 0 Å². The molecule has 0 aliphatic rings. The Bertz CT molecular complexity index is 139. The van der Waals surface area contributed by atoms with Crippen LogP contribution in [0.5, 0.6) is 0 Å². The average Bonchev–Trinajstić information content (AvgIpc) is 1.59. The minimum absolute atomic E-state index is 0.266. The third-order valence-electron chi connectivity index (χ3n) is 0.528. The minimum atomic E-state index is -3.97. The molecular formula is C3H6BrO3S. The van der Waals surface area contributed by atoms with Crippen molar-refractivity contribution < 1.29 is 13.0 Å². The van der Waals surface area contributed by atoms with Crippen molar-refractivity contribution in [1.82, 2.24) is 0 Å². The highest BCUT2D eigenvalue weighted by atomic mass is 79.9. The van der Waals surface area contributed by atoms with E-state index in [1.165, 1.54) is 0 Å². The van der Waals surface area contributed by atoms with E-state index in [2.05, 4.69) is 15.9 Å². The van der Waals surface area contributed by atoms with Gasteiger partial charge in [0.1, 0.15) is 0 Å². The average molecular weight is 202 g/mol. The Morgan fingerprint density at radius 1 is 1.38 bits per heavy atom. The van der Waals surface area contributed by atoms with Crippen molar-refractivity contribution >= 4 is 26.0 Å². The summed E-state index contributed by atoms with van der Waals surface area (Å²) in [4.78, 5) is 0. The lowest BCUT2D eigenvalue weighted by atomic mass is 10.6. The molecule has 0 saturated heterocycles. The quantitative estimate of drug-likeness (QED) is 0.627. The topological polar surface area (TPSA) is 54.0 Å². The number of hydrogen-bond acceptors (Lipinski definition) is 2. The highest BCUT2D eigenvalue weighted by Gasteiger charge is 2.03. The zero-order valence-electron chi connectivity index (χ0n) is 4.13. The van der Waals surface area contributed by atoms with Crippen molar-refractivity contribution in [3.8, 4) is 0 Å². The molecule has 0 heterocycles. The number of rotatable bonds is 3. The SMILES string of the molecule is [O]S(=O)(=O)CCCBr. The lowest BCUT2D eigenvalue weighted by Gasteiger charge is -1.86. The molecule has 49 valence electrons. The molecule has 0 aromatic carbocycles. The molecule has 8 heavy (non-hydrogen) atoms. The summed E-state index contributed by atoms with van der Waals surface area (Å²) >= 11 is 3.00. The van der Waals surface area contributed by atoms with Crippen molar-refractivity contribution in [2.24, 2.45) is 0 Å². The fraction of sp³-hybridized carbons (Fsp3) is 1.00. The molecule has 0 amide bonds. The fourth-order valence-corrected chi connectivity index (χ4v) is 1.38. The second kappa shape index (κ2) is 3.42. The molecule has 0 aliphatic heterocycles. The first kappa shape index (κ1) is 8.39. The summed E-state index contributed by atoms with van der Waals surface area (Å²) in [5.41, 5.74) is 0. The highest BCUT2D eigenvalue weighted by molar-refractivity contribution is 9.09. The van der Waals surface area contributed by atoms with Gasteiger partial charge in [0.25, 0.3) is 10.1 Å². The van der Waals surface area contributed by atoms with Crippen LogP contribution in [0.1, 0.15) is 6.42 Å². The molecule has 0 bridgehead atoms. The molecular weight excluding hydrogens is 196 g/mol. The smallest absolute Gasteiger partial charge is 0.197 e. The van der Waals surface area contributed by atoms with Crippen molar-refractivity contribution in [1.29, 1.82) is 0 Å². The molecule has 5 heteroatoms. The Morgan fingerprint density at radius 2 is 1.88 bits per heavy atom. The van der Waals surface area contributed by atoms with E-state index in [1.807, 2.05) is 0 Å². The van der Waals surface area contributed by atoms with Crippen LogP contribution in [0.4, 0.5) is 0 Å². The number of hydrogen-bond donors (Lipinski definition) is 0. The van der Waals surface area contributed by atoms with Gasteiger partial charge in [-0.2, -0.15) is 8.42 Å². The Kier molecular flexibility index (Phi) is 3.59. The third kappa shape index (κ3) is 6.39. The van der Waals surface area contributed by atoms with Gasteiger partial charge >= 0.3 is 0 Å². The first-order valence-electron chi connectivity index (χ1n) is 2.06. The third-order valence-corrected chi connectivity index (χ3v) is 1.88. The standard InChI is InChI=1S/C3H6BrO3S/c4-2-1-3-8(5,6)7/h1-3H2. The molecule has 3 nitrogen and oxygen atoms in total. The van der Waals surface area contributed by atoms with Crippen LogP contribution in [0, 0.1) is 0 Å². The van der Waals surface area contributed by atoms with Crippen LogP contribution in [0.3, 0.4) is 0 Å². The van der Waals surface area contributed by atoms with E-state index in [9.17, 15) is 13.0 Å². The van der Waals surface area contributed by atoms with Gasteiger partial charge in [0, 0.05) is 5.33 Å². The van der Waals surface area contributed by atoms with Gasteiger partial charge < -0.3 is 0 Å². The Balaban J connectivity index is 3.42. The molecule has 0 saturated carbocycles. The Labute approximate surface area is 57.0 Å². The maximum atomic E-state index is 9.81. The summed E-state index contributed by atoms with van der Waals surface area (Å²) in [5, 5.41) is 0.564. The van der Waals surface area contributed by atoms with Gasteiger partial charge in [0.05, 0.1) is 5.75 Å². The van der Waals surface area contributed by atoms with Gasteiger partial charge in [-0.3, -0.25) is 0 Å². The minimum Gasteiger partial charge on any atom is -0.197 e. The highest BCUT2D eigenvalue weighted by Crippen LogP contribution is 1.92. The summed E-state index contributed by atoms with van der Waals surface area (Å²) in [6.07, 6.45) is 0.395. The van der Waals surface area contributed by atoms with E-state index in [4.69, 9.17) is 0 Å². The van der Waals surface area contributed by atoms with Crippen LogP contribution in [0.25, 0.3) is 0 Å². The second-order valence-corrected chi connectivity index (χ2v) is 3.62. The van der Waals surface area contributed by atoms with Crippen molar-refractivity contribution in [2.75, 3.05) is 11.1 Å². The van der Waals surface area contributed by atoms with Crippen molar-refractivity contribution in [3.05, 3.63) is 0 Å². The molecule has 1 radical (unpaired) electrons. The number of alkyl halides is 1. The van der Waals surface area contributed by atoms with Crippen molar-refractivity contribution in [2.45, 2.75) is 6.42 Å². The molecule has 0 aliphatic carbocycles. The van der Waals surface area contributed by atoms with E-state index in [0.717, 1.165) is 0 Å². The molecule has 0 atom stereocenters. The van der Waals surface area contributed by atoms with E-state index in [1.54, 1.807) is 0 Å². The molecule has 0 fully saturated rings. The normalized spacial score (nSPS) is 11.8. The van der Waals surface area contributed by atoms with E-state index in [-0.39, 0.29) is 5.75 Å². The molecule has 0 rings (SSSR count). The summed E-state index contributed by atoms with van der Waals surface area (Å²) < 4.78 is 29.4. The molecule has 0 spiro atoms. The molecule has 0 N–H and O–H groups in total. The summed E-state index contributed by atoms with van der Waals surface area (Å²) in [5.74, 6) is -0.266. The van der Waals surface area contributed by atoms with Gasteiger partial charge in [-0.15, -0.1) is 0 Å². The fourth-order valence-electron chi connectivity index (χ4n) is 0.231. The maximum Gasteiger partial charge on any atom is 0.294 e. The Hall–Kier alpha value is 0.390. The Morgan fingerprint density at radius 3 is 2.00 bits per heavy atom. The van der Waals surface area contributed by atoms with Gasteiger partial charge in [0.2, 0.25) is 0 Å². The maximum absolute atomic E-state index is 9.81. The summed E-state index contributed by atoms with van der Waals surface area (Å²) in [7, 11) is -3.97. The van der Waals surface area contributed by atoms with Crippen LogP contribution < -0.4 is 0 Å². The lowest BCUT2D eigenvalue weighted by molar-refractivity contribution is 0.414. The van der Waals surface area contributed by atoms with Crippen LogP contribution in [-0.2, 0) is 14.7 Å². The zero-order valence-corrected chi connectivity index (χ0v) is 6.53. The van der Waals surface area contributed by atoms with Gasteiger partial charge in [-0.25, -0.2) is 0 Å². The van der Waals surface area contributed by atoms with Crippen LogP contribution >= 0.6 is 15.9 Å². The number of halogens is 1.